The van der Waals surface area contributed by atoms with Gasteiger partial charge in [0.1, 0.15) is 0 Å². The van der Waals surface area contributed by atoms with Gasteiger partial charge < -0.3 is 5.32 Å². The molecule has 2 atom stereocenters. The lowest BCUT2D eigenvalue weighted by atomic mass is 10.1. The molecule has 1 N–H and O–H groups in total. The first-order chi connectivity index (χ1) is 9.61. The summed E-state index contributed by atoms with van der Waals surface area (Å²) in [6.45, 7) is 6.70. The molecule has 1 heterocycles. The monoisotopic (exact) mass is 282 g/mol. The van der Waals surface area contributed by atoms with Crippen molar-refractivity contribution < 1.29 is 8.78 Å². The van der Waals surface area contributed by atoms with Crippen molar-refractivity contribution in [2.45, 2.75) is 51.7 Å². The summed E-state index contributed by atoms with van der Waals surface area (Å²) in [5.41, 5.74) is 0.453. The van der Waals surface area contributed by atoms with Gasteiger partial charge in [0.15, 0.2) is 11.6 Å². The lowest BCUT2D eigenvalue weighted by Crippen LogP contribution is -2.39. The number of hydrogen-bond donors (Lipinski definition) is 1. The van der Waals surface area contributed by atoms with E-state index < -0.39 is 11.6 Å². The van der Waals surface area contributed by atoms with Crippen molar-refractivity contribution in [1.82, 2.24) is 10.2 Å². The van der Waals surface area contributed by atoms with E-state index in [9.17, 15) is 8.78 Å². The van der Waals surface area contributed by atoms with E-state index in [2.05, 4.69) is 24.1 Å². The average molecular weight is 282 g/mol. The van der Waals surface area contributed by atoms with Crippen molar-refractivity contribution in [3.05, 3.63) is 35.4 Å². The van der Waals surface area contributed by atoms with Gasteiger partial charge in [-0.2, -0.15) is 0 Å². The number of halogens is 2. The van der Waals surface area contributed by atoms with E-state index in [4.69, 9.17) is 0 Å². The van der Waals surface area contributed by atoms with E-state index in [-0.39, 0.29) is 0 Å². The van der Waals surface area contributed by atoms with E-state index in [0.29, 0.717) is 24.2 Å². The smallest absolute Gasteiger partial charge is 0.163 e. The molecular formula is C16H24F2N2. The van der Waals surface area contributed by atoms with Crippen molar-refractivity contribution in [3.8, 4) is 0 Å². The molecule has 1 fully saturated rings. The molecule has 0 saturated carbocycles. The van der Waals surface area contributed by atoms with E-state index >= 15 is 0 Å². The van der Waals surface area contributed by atoms with Crippen LogP contribution in [0.15, 0.2) is 18.2 Å². The first kappa shape index (κ1) is 15.4. The second-order valence-corrected chi connectivity index (χ2v) is 5.72. The van der Waals surface area contributed by atoms with Crippen molar-refractivity contribution in [2.75, 3.05) is 13.1 Å². The first-order valence-corrected chi connectivity index (χ1v) is 7.52. The minimum atomic E-state index is -0.756. The molecular weight excluding hydrogens is 258 g/mol. The lowest BCUT2D eigenvalue weighted by molar-refractivity contribution is 0.190. The predicted molar refractivity (Wildman–Crippen MR) is 77.5 cm³/mol. The minimum absolute atomic E-state index is 0.382. The molecule has 4 heteroatoms. The summed E-state index contributed by atoms with van der Waals surface area (Å²) in [7, 11) is 0. The third-order valence-corrected chi connectivity index (χ3v) is 4.12. The summed E-state index contributed by atoms with van der Waals surface area (Å²) in [6.07, 6.45) is 3.29. The number of hydrogen-bond acceptors (Lipinski definition) is 2. The third-order valence-electron chi connectivity index (χ3n) is 4.12. The molecule has 0 bridgehead atoms. The van der Waals surface area contributed by atoms with Gasteiger partial charge in [-0.25, -0.2) is 8.78 Å². The zero-order chi connectivity index (χ0) is 14.5. The zero-order valence-electron chi connectivity index (χ0n) is 12.3. The Labute approximate surface area is 120 Å². The third kappa shape index (κ3) is 3.76. The molecule has 1 aliphatic rings. The molecule has 112 valence electrons. The second kappa shape index (κ2) is 7.14. The van der Waals surface area contributed by atoms with Gasteiger partial charge in [-0.15, -0.1) is 0 Å². The maximum Gasteiger partial charge on any atom is 0.163 e. The van der Waals surface area contributed by atoms with Crippen molar-refractivity contribution in [2.24, 2.45) is 0 Å². The predicted octanol–water partition coefficient (Wildman–Crippen LogP) is 3.32. The topological polar surface area (TPSA) is 15.3 Å². The van der Waals surface area contributed by atoms with Crippen LogP contribution >= 0.6 is 0 Å². The largest absolute Gasteiger partial charge is 0.313 e. The Morgan fingerprint density at radius 3 is 2.90 bits per heavy atom. The highest BCUT2D eigenvalue weighted by Crippen LogP contribution is 2.18. The second-order valence-electron chi connectivity index (χ2n) is 5.72. The van der Waals surface area contributed by atoms with Gasteiger partial charge in [-0.05, 0) is 32.4 Å². The fourth-order valence-corrected chi connectivity index (χ4v) is 2.86. The Hall–Kier alpha value is -1.00. The standard InChI is InChI=1S/C16H24F2N2/c1-3-5-14-11-20(12(2)8-9-19-14)10-13-6-4-7-15(17)16(13)18/h4,6-7,12,14,19H,3,5,8-11H2,1-2H3. The summed E-state index contributed by atoms with van der Waals surface area (Å²) in [4.78, 5) is 2.26. The van der Waals surface area contributed by atoms with Crippen LogP contribution in [0.5, 0.6) is 0 Å². The van der Waals surface area contributed by atoms with E-state index in [1.807, 2.05) is 0 Å². The summed E-state index contributed by atoms with van der Waals surface area (Å²) in [6, 6.07) is 5.26. The van der Waals surface area contributed by atoms with Crippen LogP contribution in [0.2, 0.25) is 0 Å². The van der Waals surface area contributed by atoms with Gasteiger partial charge in [0.05, 0.1) is 0 Å². The molecule has 1 aromatic carbocycles. The fraction of sp³-hybridized carbons (Fsp3) is 0.625. The van der Waals surface area contributed by atoms with E-state index in [0.717, 1.165) is 32.4 Å². The Balaban J connectivity index is 2.10. The number of rotatable bonds is 4. The molecule has 0 radical (unpaired) electrons. The van der Waals surface area contributed by atoms with Crippen LogP contribution in [0.4, 0.5) is 8.78 Å². The molecule has 0 spiro atoms. The summed E-state index contributed by atoms with van der Waals surface area (Å²) >= 11 is 0. The molecule has 20 heavy (non-hydrogen) atoms. The van der Waals surface area contributed by atoms with Crippen LogP contribution in [-0.2, 0) is 6.54 Å². The summed E-state index contributed by atoms with van der Waals surface area (Å²) in [5.74, 6) is -1.46. The number of nitrogens with zero attached hydrogens (tertiary/aromatic N) is 1. The highest BCUT2D eigenvalue weighted by molar-refractivity contribution is 5.19. The zero-order valence-corrected chi connectivity index (χ0v) is 12.3. The van der Waals surface area contributed by atoms with Crippen molar-refractivity contribution in [3.63, 3.8) is 0 Å². The van der Waals surface area contributed by atoms with Crippen LogP contribution < -0.4 is 5.32 Å². The molecule has 1 saturated heterocycles. The van der Waals surface area contributed by atoms with Gasteiger partial charge in [-0.1, -0.05) is 25.5 Å². The molecule has 2 rings (SSSR count). The highest BCUT2D eigenvalue weighted by atomic mass is 19.2. The van der Waals surface area contributed by atoms with Gasteiger partial charge in [0.25, 0.3) is 0 Å². The van der Waals surface area contributed by atoms with Crippen molar-refractivity contribution >= 4 is 0 Å². The Bertz CT molecular complexity index is 436. The molecule has 0 aliphatic carbocycles. The fourth-order valence-electron chi connectivity index (χ4n) is 2.86. The molecule has 0 amide bonds. The lowest BCUT2D eigenvalue weighted by Gasteiger charge is -2.29. The number of nitrogens with one attached hydrogen (secondary N) is 1. The van der Waals surface area contributed by atoms with Gasteiger partial charge in [-0.3, -0.25) is 4.90 Å². The first-order valence-electron chi connectivity index (χ1n) is 7.52. The van der Waals surface area contributed by atoms with Crippen LogP contribution in [0.25, 0.3) is 0 Å². The maximum absolute atomic E-state index is 13.8. The molecule has 1 aliphatic heterocycles. The Kier molecular flexibility index (Phi) is 5.49. The van der Waals surface area contributed by atoms with Crippen LogP contribution in [0, 0.1) is 11.6 Å². The molecule has 0 aromatic heterocycles. The Morgan fingerprint density at radius 1 is 1.35 bits per heavy atom. The van der Waals surface area contributed by atoms with Crippen LogP contribution in [-0.4, -0.2) is 30.1 Å². The molecule has 1 aromatic rings. The SMILES string of the molecule is CCCC1CN(Cc2cccc(F)c2F)C(C)CCN1. The molecule has 2 unspecified atom stereocenters. The summed E-state index contributed by atoms with van der Waals surface area (Å²) in [5, 5.41) is 3.55. The quantitative estimate of drug-likeness (QED) is 0.911. The maximum atomic E-state index is 13.8. The van der Waals surface area contributed by atoms with Gasteiger partial charge in [0, 0.05) is 30.7 Å². The minimum Gasteiger partial charge on any atom is -0.313 e. The van der Waals surface area contributed by atoms with Crippen molar-refractivity contribution in [1.29, 1.82) is 0 Å². The van der Waals surface area contributed by atoms with E-state index in [1.54, 1.807) is 12.1 Å². The van der Waals surface area contributed by atoms with E-state index in [1.165, 1.54) is 6.07 Å². The molecule has 2 nitrogen and oxygen atoms in total. The Morgan fingerprint density at radius 2 is 2.15 bits per heavy atom. The summed E-state index contributed by atoms with van der Waals surface area (Å²) < 4.78 is 27.1. The number of benzene rings is 1. The van der Waals surface area contributed by atoms with Gasteiger partial charge in [0.2, 0.25) is 0 Å². The highest BCUT2D eigenvalue weighted by Gasteiger charge is 2.23. The van der Waals surface area contributed by atoms with Crippen LogP contribution in [0.1, 0.15) is 38.7 Å². The normalized spacial score (nSPS) is 24.6. The average Bonchev–Trinajstić information content (AvgIpc) is 2.58. The van der Waals surface area contributed by atoms with Gasteiger partial charge >= 0.3 is 0 Å². The van der Waals surface area contributed by atoms with Crippen LogP contribution in [0.3, 0.4) is 0 Å².